The highest BCUT2D eigenvalue weighted by Crippen LogP contribution is 2.45. The molecular weight excluding hydrogens is 417 g/mol. The molecule has 0 aromatic heterocycles. The van der Waals surface area contributed by atoms with E-state index >= 15 is 0 Å². The van der Waals surface area contributed by atoms with Gasteiger partial charge in [0.2, 0.25) is 0 Å². The lowest BCUT2D eigenvalue weighted by molar-refractivity contribution is -1.12. The number of rotatable bonds is 7. The van der Waals surface area contributed by atoms with Gasteiger partial charge in [0.05, 0.1) is 18.1 Å². The highest BCUT2D eigenvalue weighted by molar-refractivity contribution is 7.87. The van der Waals surface area contributed by atoms with E-state index in [1.807, 2.05) is 6.92 Å². The monoisotopic (exact) mass is 443 g/mol. The van der Waals surface area contributed by atoms with Crippen molar-refractivity contribution in [2.45, 2.75) is 69.6 Å². The van der Waals surface area contributed by atoms with Crippen molar-refractivity contribution >= 4 is 27.8 Å². The van der Waals surface area contributed by atoms with Gasteiger partial charge in [-0.05, 0) is 39.0 Å². The lowest BCUT2D eigenvalue weighted by atomic mass is 9.74. The van der Waals surface area contributed by atoms with Crippen molar-refractivity contribution in [1.82, 2.24) is 5.06 Å². The van der Waals surface area contributed by atoms with E-state index in [1.165, 1.54) is 5.49 Å². The highest BCUT2D eigenvalue weighted by atomic mass is 32.2. The van der Waals surface area contributed by atoms with Crippen molar-refractivity contribution in [2.24, 2.45) is 5.92 Å². The van der Waals surface area contributed by atoms with E-state index in [-0.39, 0.29) is 18.5 Å². The van der Waals surface area contributed by atoms with Crippen molar-refractivity contribution in [1.29, 1.82) is 0 Å². The maximum absolute atomic E-state index is 13.0. The molecule has 0 bridgehead atoms. The van der Waals surface area contributed by atoms with E-state index < -0.39 is 32.4 Å². The maximum atomic E-state index is 13.0. The molecule has 1 saturated heterocycles. The molecule has 0 aromatic rings. The zero-order chi connectivity index (χ0) is 21.2. The van der Waals surface area contributed by atoms with Crippen LogP contribution in [0.2, 0.25) is 0 Å². The average Bonchev–Trinajstić information content (AvgIpc) is 2.61. The number of halogens is 3. The Bertz CT molecular complexity index is 710. The van der Waals surface area contributed by atoms with Crippen LogP contribution >= 0.6 is 12.2 Å². The molecule has 28 heavy (non-hydrogen) atoms. The van der Waals surface area contributed by atoms with Gasteiger partial charge in [0.15, 0.2) is 6.54 Å². The maximum Gasteiger partial charge on any atom is 0.528 e. The number of hydrogen-bond donors (Lipinski definition) is 0. The molecule has 11 heteroatoms. The molecular formula is C17H26F3N2O4S2+. The summed E-state index contributed by atoms with van der Waals surface area (Å²) >= 11 is 5.00. The number of quaternary nitrogens is 1. The molecule has 2 aliphatic rings. The van der Waals surface area contributed by atoms with Crippen molar-refractivity contribution in [3.63, 3.8) is 0 Å². The topological polar surface area (TPSA) is 55.8 Å². The number of alkyl halides is 3. The Kier molecular flexibility index (Phi) is 7.37. The molecule has 2 rings (SSSR count). The second kappa shape index (κ2) is 8.83. The molecule has 2 fully saturated rings. The molecule has 1 heterocycles. The molecule has 0 radical (unpaired) electrons. The predicted molar refractivity (Wildman–Crippen MR) is 101 cm³/mol. The second-order valence-electron chi connectivity index (χ2n) is 7.29. The number of likely N-dealkylation sites (tertiary alicyclic amines) is 1. The molecule has 160 valence electrons. The van der Waals surface area contributed by atoms with Gasteiger partial charge in [0.1, 0.15) is 12.1 Å². The minimum absolute atomic E-state index is 0.0148. The van der Waals surface area contributed by atoms with Gasteiger partial charge in [0.25, 0.3) is 0 Å². The number of nitrogens with zero attached hydrogens (tertiary/aromatic N) is 2. The summed E-state index contributed by atoms with van der Waals surface area (Å²) in [5.41, 5.74) is -4.08. The molecule has 5 atom stereocenters. The van der Waals surface area contributed by atoms with Gasteiger partial charge in [-0.3, -0.25) is 4.84 Å². The van der Waals surface area contributed by atoms with Crippen molar-refractivity contribution in [3.8, 4) is 12.3 Å². The zero-order valence-corrected chi connectivity index (χ0v) is 17.5. The first-order chi connectivity index (χ1) is 13.0. The largest absolute Gasteiger partial charge is 0.528 e. The summed E-state index contributed by atoms with van der Waals surface area (Å²) < 4.78 is 67.0. The van der Waals surface area contributed by atoms with E-state index in [4.69, 9.17) is 27.8 Å². The molecule has 0 amide bonds. The van der Waals surface area contributed by atoms with Crippen LogP contribution in [0.15, 0.2) is 0 Å². The van der Waals surface area contributed by atoms with Crippen LogP contribution in [0.3, 0.4) is 0 Å². The summed E-state index contributed by atoms with van der Waals surface area (Å²) in [6.07, 6.45) is 8.34. The molecule has 1 aliphatic heterocycles. The summed E-state index contributed by atoms with van der Waals surface area (Å²) in [6, 6.07) is -0.930. The molecule has 0 aromatic carbocycles. The molecule has 1 saturated carbocycles. The third kappa shape index (κ3) is 4.46. The third-order valence-electron chi connectivity index (χ3n) is 5.78. The van der Waals surface area contributed by atoms with Gasteiger partial charge < -0.3 is 0 Å². The first-order valence-corrected chi connectivity index (χ1v) is 11.1. The number of piperidine rings is 1. The van der Waals surface area contributed by atoms with E-state index in [0.29, 0.717) is 32.3 Å². The Labute approximate surface area is 169 Å². The normalized spacial score (nSPS) is 33.6. The van der Waals surface area contributed by atoms with Crippen molar-refractivity contribution in [2.75, 3.05) is 13.2 Å². The van der Waals surface area contributed by atoms with E-state index in [2.05, 4.69) is 5.92 Å². The van der Waals surface area contributed by atoms with Crippen molar-refractivity contribution < 1.29 is 35.4 Å². The first-order valence-electron chi connectivity index (χ1n) is 9.22. The van der Waals surface area contributed by atoms with Crippen LogP contribution in [0, 0.1) is 18.3 Å². The number of fused-ring (bicyclic) bond motifs is 1. The first kappa shape index (κ1) is 23.3. The lowest BCUT2D eigenvalue weighted by Gasteiger charge is -2.52. The molecule has 5 unspecified atom stereocenters. The zero-order valence-electron chi connectivity index (χ0n) is 15.9. The average molecular weight is 444 g/mol. The molecule has 0 N–H and O–H groups in total. The highest BCUT2D eigenvalue weighted by Gasteiger charge is 2.60. The van der Waals surface area contributed by atoms with E-state index in [9.17, 15) is 21.6 Å². The fraction of sp³-hybridized carbons (Fsp3) is 0.824. The quantitative estimate of drug-likeness (QED) is 0.198. The van der Waals surface area contributed by atoms with Crippen LogP contribution in [0.5, 0.6) is 0 Å². The predicted octanol–water partition coefficient (Wildman–Crippen LogP) is 3.15. The van der Waals surface area contributed by atoms with Crippen molar-refractivity contribution in [3.05, 3.63) is 0 Å². The Morgan fingerprint density at radius 2 is 2.00 bits per heavy atom. The van der Waals surface area contributed by atoms with Gasteiger partial charge in [-0.25, -0.2) is 5.06 Å². The minimum atomic E-state index is -5.79. The summed E-state index contributed by atoms with van der Waals surface area (Å²) in [5, 5.41) is 1.60. The van der Waals surface area contributed by atoms with E-state index in [0.717, 1.165) is 6.42 Å². The number of terminal acetylenes is 1. The summed E-state index contributed by atoms with van der Waals surface area (Å²) in [5.74, 6) is 2.29. The molecule has 1 aliphatic carbocycles. The van der Waals surface area contributed by atoms with Crippen LogP contribution in [0.25, 0.3) is 0 Å². The standard InChI is InChI=1S/C17H26F3N2O4S2/c1-4-10-22(26-28(23,24)17(18,19)20)13(3)6-7-14-11-15(8-9-16(14)22)21(12-27)25-5-2/h1,12-16H,5-11H2,2-3H3/q+1. The Hall–Kier alpha value is -0.930. The van der Waals surface area contributed by atoms with Gasteiger partial charge in [0, 0.05) is 18.8 Å². The fourth-order valence-corrected chi connectivity index (χ4v) is 5.50. The van der Waals surface area contributed by atoms with Gasteiger partial charge >= 0.3 is 15.6 Å². The number of hydrogen-bond acceptors (Lipinski definition) is 5. The number of thiocarbonyl (C=S) groups is 1. The van der Waals surface area contributed by atoms with Gasteiger partial charge in [-0.1, -0.05) is 16.5 Å². The lowest BCUT2D eigenvalue weighted by Crippen LogP contribution is -2.68. The SMILES string of the molecule is C#CC[N+]1(OS(=O)(=O)C(F)(F)F)C(C)CCC2CC(N(C=S)OCC)CCC21. The fourth-order valence-electron chi connectivity index (χ4n) is 4.51. The second-order valence-corrected chi connectivity index (χ2v) is 9.03. The van der Waals surface area contributed by atoms with Crippen LogP contribution in [-0.4, -0.2) is 60.4 Å². The smallest absolute Gasteiger partial charge is 0.273 e. The van der Waals surface area contributed by atoms with Gasteiger partial charge in [-0.15, -0.1) is 11.1 Å². The molecule has 0 spiro atoms. The van der Waals surface area contributed by atoms with Gasteiger partial charge in [-0.2, -0.15) is 21.6 Å². The summed E-state index contributed by atoms with van der Waals surface area (Å²) in [7, 11) is -5.79. The number of hydroxylamine groups is 5. The van der Waals surface area contributed by atoms with E-state index in [1.54, 1.807) is 12.0 Å². The minimum Gasteiger partial charge on any atom is -0.273 e. The Balaban J connectivity index is 2.34. The Morgan fingerprint density at radius 1 is 1.32 bits per heavy atom. The summed E-state index contributed by atoms with van der Waals surface area (Å²) in [4.78, 5) is 5.52. The van der Waals surface area contributed by atoms with Crippen LogP contribution in [0.1, 0.15) is 46.0 Å². The third-order valence-corrected chi connectivity index (χ3v) is 7.03. The van der Waals surface area contributed by atoms with Crippen LogP contribution < -0.4 is 0 Å². The molecule has 6 nitrogen and oxygen atoms in total. The van der Waals surface area contributed by atoms with Crippen LogP contribution in [0.4, 0.5) is 13.2 Å². The summed E-state index contributed by atoms with van der Waals surface area (Å²) in [6.45, 7) is 3.73. The Morgan fingerprint density at radius 3 is 2.54 bits per heavy atom. The van der Waals surface area contributed by atoms with Crippen LogP contribution in [-0.2, 0) is 19.2 Å².